The second-order valence-electron chi connectivity index (χ2n) is 7.86. The van der Waals surface area contributed by atoms with E-state index in [1.807, 2.05) is 36.6 Å². The Kier molecular flexibility index (Phi) is 5.39. The zero-order valence-corrected chi connectivity index (χ0v) is 18.5. The number of fused-ring (bicyclic) bond motifs is 1. The summed E-state index contributed by atoms with van der Waals surface area (Å²) in [5.41, 5.74) is 6.22. The van der Waals surface area contributed by atoms with Crippen LogP contribution in [0.2, 0.25) is 0 Å². The van der Waals surface area contributed by atoms with E-state index in [-0.39, 0.29) is 11.3 Å². The van der Waals surface area contributed by atoms with Gasteiger partial charge in [0.25, 0.3) is 5.56 Å². The molecule has 4 aromatic rings. The summed E-state index contributed by atoms with van der Waals surface area (Å²) >= 11 is 1.49. The van der Waals surface area contributed by atoms with Crippen molar-refractivity contribution >= 4 is 27.3 Å². The van der Waals surface area contributed by atoms with E-state index < -0.39 is 0 Å². The van der Waals surface area contributed by atoms with E-state index in [4.69, 9.17) is 4.98 Å². The molecular formula is C25H24N2O2S. The fraction of sp³-hybridized carbons (Fsp3) is 0.240. The normalized spacial score (nSPS) is 11.2. The van der Waals surface area contributed by atoms with Gasteiger partial charge >= 0.3 is 0 Å². The van der Waals surface area contributed by atoms with Crippen LogP contribution in [0.5, 0.6) is 0 Å². The third-order valence-corrected chi connectivity index (χ3v) is 6.24. The van der Waals surface area contributed by atoms with Gasteiger partial charge in [0, 0.05) is 29.5 Å². The molecule has 0 radical (unpaired) electrons. The molecule has 4 rings (SSSR count). The molecule has 4 nitrogen and oxygen atoms in total. The molecule has 0 fully saturated rings. The van der Waals surface area contributed by atoms with E-state index in [0.29, 0.717) is 24.2 Å². The molecule has 0 spiro atoms. The molecule has 30 heavy (non-hydrogen) atoms. The van der Waals surface area contributed by atoms with Gasteiger partial charge in [0.15, 0.2) is 0 Å². The summed E-state index contributed by atoms with van der Waals surface area (Å²) in [4.78, 5) is 30.9. The highest BCUT2D eigenvalue weighted by atomic mass is 32.1. The first-order valence-electron chi connectivity index (χ1n) is 10.0. The first-order valence-corrected chi connectivity index (χ1v) is 10.9. The Morgan fingerprint density at radius 2 is 1.70 bits per heavy atom. The minimum Gasteiger partial charge on any atom is -0.300 e. The van der Waals surface area contributed by atoms with Gasteiger partial charge in [-0.05, 0) is 38.8 Å². The van der Waals surface area contributed by atoms with Crippen molar-refractivity contribution in [2.75, 3.05) is 0 Å². The van der Waals surface area contributed by atoms with Gasteiger partial charge in [0.2, 0.25) is 0 Å². The van der Waals surface area contributed by atoms with Crippen molar-refractivity contribution in [2.24, 2.45) is 0 Å². The Balaban J connectivity index is 1.98. The van der Waals surface area contributed by atoms with Gasteiger partial charge in [0.05, 0.1) is 5.39 Å². The monoisotopic (exact) mass is 416 g/mol. The van der Waals surface area contributed by atoms with Crippen LogP contribution in [0.15, 0.2) is 52.6 Å². The highest BCUT2D eigenvalue weighted by molar-refractivity contribution is 7.17. The van der Waals surface area contributed by atoms with Crippen LogP contribution >= 0.6 is 11.3 Å². The van der Waals surface area contributed by atoms with Crippen molar-refractivity contribution in [3.63, 3.8) is 0 Å². The second kappa shape index (κ2) is 8.00. The lowest BCUT2D eigenvalue weighted by Gasteiger charge is -2.13. The minimum atomic E-state index is -0.0898. The maximum atomic E-state index is 13.7. The van der Waals surface area contributed by atoms with Gasteiger partial charge < -0.3 is 0 Å². The molecule has 2 aromatic heterocycles. The Morgan fingerprint density at radius 1 is 1.00 bits per heavy atom. The molecule has 0 aliphatic heterocycles. The van der Waals surface area contributed by atoms with Crippen LogP contribution in [0.25, 0.3) is 32.7 Å². The maximum Gasteiger partial charge on any atom is 0.263 e. The number of Topliss-reactive ketones (excluding diaryl/α,β-unsaturated/α-hetero) is 1. The molecule has 0 aliphatic carbocycles. The average molecular weight is 417 g/mol. The summed E-state index contributed by atoms with van der Waals surface area (Å²) in [6.45, 7) is 8.02. The topological polar surface area (TPSA) is 52.0 Å². The average Bonchev–Trinajstić information content (AvgIpc) is 3.11. The summed E-state index contributed by atoms with van der Waals surface area (Å²) in [5.74, 6) is 0.666. The van der Waals surface area contributed by atoms with E-state index >= 15 is 0 Å². The lowest BCUT2D eigenvalue weighted by Crippen LogP contribution is -2.24. The van der Waals surface area contributed by atoms with Crippen molar-refractivity contribution in [3.8, 4) is 22.5 Å². The van der Waals surface area contributed by atoms with Crippen LogP contribution in [0, 0.1) is 20.8 Å². The second-order valence-corrected chi connectivity index (χ2v) is 8.72. The molecule has 152 valence electrons. The fourth-order valence-corrected chi connectivity index (χ4v) is 4.67. The molecule has 0 aliphatic rings. The molecule has 0 atom stereocenters. The maximum absolute atomic E-state index is 13.7. The number of aromatic nitrogens is 2. The summed E-state index contributed by atoms with van der Waals surface area (Å²) in [5, 5.41) is 2.65. The predicted molar refractivity (Wildman–Crippen MR) is 124 cm³/mol. The predicted octanol–water partition coefficient (Wildman–Crippen LogP) is 5.70. The van der Waals surface area contributed by atoms with Gasteiger partial charge in [-0.1, -0.05) is 53.6 Å². The van der Waals surface area contributed by atoms with Crippen molar-refractivity contribution in [1.82, 2.24) is 9.55 Å². The fourth-order valence-electron chi connectivity index (χ4n) is 3.74. The SMILES string of the molecule is CC(=O)CCn1c(-c2ccc(C)cc2)nc2scc(-c3ccc(C)cc3C)c2c1=O. The van der Waals surface area contributed by atoms with Crippen LogP contribution in [-0.2, 0) is 11.3 Å². The molecular weight excluding hydrogens is 392 g/mol. The highest BCUT2D eigenvalue weighted by Gasteiger charge is 2.19. The molecule has 0 amide bonds. The Labute approximate surface area is 179 Å². The number of aryl methyl sites for hydroxylation is 3. The van der Waals surface area contributed by atoms with Gasteiger partial charge in [0.1, 0.15) is 16.4 Å². The lowest BCUT2D eigenvalue weighted by atomic mass is 9.99. The first kappa shape index (κ1) is 20.2. The number of hydrogen-bond acceptors (Lipinski definition) is 4. The number of ketones is 1. The molecule has 0 unspecified atom stereocenters. The van der Waals surface area contributed by atoms with E-state index in [1.54, 1.807) is 11.5 Å². The van der Waals surface area contributed by atoms with Crippen molar-refractivity contribution in [3.05, 3.63) is 74.9 Å². The summed E-state index contributed by atoms with van der Waals surface area (Å²) < 4.78 is 1.66. The molecule has 0 bridgehead atoms. The number of nitrogens with zero attached hydrogens (tertiary/aromatic N) is 2. The van der Waals surface area contributed by atoms with Crippen LogP contribution < -0.4 is 5.56 Å². The quantitative estimate of drug-likeness (QED) is 0.419. The lowest BCUT2D eigenvalue weighted by molar-refractivity contribution is -0.117. The number of rotatable bonds is 5. The molecule has 5 heteroatoms. The van der Waals surface area contributed by atoms with Gasteiger partial charge in [-0.3, -0.25) is 14.2 Å². The van der Waals surface area contributed by atoms with Crippen LogP contribution in [0.4, 0.5) is 0 Å². The zero-order chi connectivity index (χ0) is 21.4. The van der Waals surface area contributed by atoms with Crippen molar-refractivity contribution < 1.29 is 4.79 Å². The van der Waals surface area contributed by atoms with E-state index in [2.05, 4.69) is 32.0 Å². The third kappa shape index (κ3) is 3.73. The summed E-state index contributed by atoms with van der Waals surface area (Å²) in [6.07, 6.45) is 0.301. The number of carbonyl (C=O) groups is 1. The number of carbonyl (C=O) groups excluding carboxylic acids is 1. The molecule has 0 saturated carbocycles. The summed E-state index contributed by atoms with van der Waals surface area (Å²) in [7, 11) is 0. The van der Waals surface area contributed by atoms with Crippen molar-refractivity contribution in [1.29, 1.82) is 0 Å². The first-order chi connectivity index (χ1) is 14.3. The smallest absolute Gasteiger partial charge is 0.263 e. The van der Waals surface area contributed by atoms with Crippen LogP contribution in [0.1, 0.15) is 30.0 Å². The minimum absolute atomic E-state index is 0.0526. The van der Waals surface area contributed by atoms with Gasteiger partial charge in [-0.2, -0.15) is 0 Å². The van der Waals surface area contributed by atoms with Crippen LogP contribution in [0.3, 0.4) is 0 Å². The van der Waals surface area contributed by atoms with E-state index in [9.17, 15) is 9.59 Å². The molecule has 0 saturated heterocycles. The van der Waals surface area contributed by atoms with Gasteiger partial charge in [-0.15, -0.1) is 11.3 Å². The van der Waals surface area contributed by atoms with E-state index in [1.165, 1.54) is 16.9 Å². The Morgan fingerprint density at radius 3 is 2.37 bits per heavy atom. The Hall–Kier alpha value is -3.05. The number of hydrogen-bond donors (Lipinski definition) is 0. The van der Waals surface area contributed by atoms with Crippen LogP contribution in [-0.4, -0.2) is 15.3 Å². The standard InChI is InChI=1S/C25H24N2O2S/c1-15-5-8-19(9-6-15)23-26-24-22(25(29)27(23)12-11-18(4)28)21(14-30-24)20-10-7-16(2)13-17(20)3/h5-10,13-14H,11-12H2,1-4H3. The third-order valence-electron chi connectivity index (χ3n) is 5.36. The largest absolute Gasteiger partial charge is 0.300 e. The zero-order valence-electron chi connectivity index (χ0n) is 17.7. The van der Waals surface area contributed by atoms with E-state index in [0.717, 1.165) is 32.6 Å². The Bertz CT molecular complexity index is 1310. The highest BCUT2D eigenvalue weighted by Crippen LogP contribution is 2.34. The number of benzene rings is 2. The van der Waals surface area contributed by atoms with Crippen molar-refractivity contribution in [2.45, 2.75) is 40.7 Å². The summed E-state index contributed by atoms with van der Waals surface area (Å²) in [6, 6.07) is 14.2. The number of thiophene rings is 1. The molecule has 0 N–H and O–H groups in total. The molecule has 2 heterocycles. The van der Waals surface area contributed by atoms with Gasteiger partial charge in [-0.25, -0.2) is 4.98 Å². The molecule has 2 aromatic carbocycles.